The van der Waals surface area contributed by atoms with E-state index in [0.717, 1.165) is 38.0 Å². The van der Waals surface area contributed by atoms with Gasteiger partial charge in [-0.3, -0.25) is 4.79 Å². The zero-order valence-electron chi connectivity index (χ0n) is 14.5. The third kappa shape index (κ3) is 5.40. The van der Waals surface area contributed by atoms with Crippen LogP contribution in [-0.4, -0.2) is 46.2 Å². The molecule has 1 saturated heterocycles. The number of amides is 1. The van der Waals surface area contributed by atoms with Crippen molar-refractivity contribution < 1.29 is 17.9 Å². The van der Waals surface area contributed by atoms with E-state index >= 15 is 0 Å². The highest BCUT2D eigenvalue weighted by Gasteiger charge is 2.35. The molecule has 1 saturated carbocycles. The molecule has 9 heteroatoms. The van der Waals surface area contributed by atoms with Gasteiger partial charge >= 0.3 is 0 Å². The number of carbonyl (C=O) groups is 1. The van der Waals surface area contributed by atoms with E-state index < -0.39 is 10.0 Å². The third-order valence-electron chi connectivity index (χ3n) is 4.96. The molecule has 4 N–H and O–H groups in total. The molecule has 3 atom stereocenters. The van der Waals surface area contributed by atoms with Crippen LogP contribution in [0.3, 0.4) is 0 Å². The first-order chi connectivity index (χ1) is 11.9. The Morgan fingerprint density at radius 1 is 1.27 bits per heavy atom. The largest absolute Gasteiger partial charge is 0.375 e. The Balaban J connectivity index is 0.00000243. The molecule has 1 heterocycles. The molecule has 1 aliphatic carbocycles. The maximum atomic E-state index is 12.4. The van der Waals surface area contributed by atoms with Crippen molar-refractivity contribution in [2.24, 2.45) is 11.1 Å². The van der Waals surface area contributed by atoms with Gasteiger partial charge in [0.25, 0.3) is 0 Å². The van der Waals surface area contributed by atoms with Gasteiger partial charge in [0.05, 0.1) is 17.6 Å². The molecule has 26 heavy (non-hydrogen) atoms. The molecule has 1 aromatic carbocycles. The predicted octanol–water partition coefficient (Wildman–Crippen LogP) is 0.572. The maximum absolute atomic E-state index is 12.4. The van der Waals surface area contributed by atoms with Crippen LogP contribution >= 0.6 is 12.4 Å². The van der Waals surface area contributed by atoms with Crippen LogP contribution in [0.2, 0.25) is 0 Å². The Morgan fingerprint density at radius 2 is 2.00 bits per heavy atom. The lowest BCUT2D eigenvalue weighted by atomic mass is 9.82. The van der Waals surface area contributed by atoms with Crippen LogP contribution in [0.5, 0.6) is 0 Å². The van der Waals surface area contributed by atoms with Gasteiger partial charge in [0, 0.05) is 25.0 Å². The van der Waals surface area contributed by atoms with Crippen molar-refractivity contribution in [1.82, 2.24) is 10.6 Å². The van der Waals surface area contributed by atoms with Crippen molar-refractivity contribution in [3.8, 4) is 0 Å². The summed E-state index contributed by atoms with van der Waals surface area (Å²) < 4.78 is 28.2. The predicted molar refractivity (Wildman–Crippen MR) is 101 cm³/mol. The number of benzene rings is 1. The van der Waals surface area contributed by atoms with E-state index in [2.05, 4.69) is 10.6 Å². The number of hydrogen-bond acceptors (Lipinski definition) is 5. The summed E-state index contributed by atoms with van der Waals surface area (Å²) in [5.41, 5.74) is 0.957. The molecule has 0 bridgehead atoms. The normalized spacial score (nSPS) is 25.7. The number of hydrogen-bond donors (Lipinski definition) is 3. The quantitative estimate of drug-likeness (QED) is 0.665. The van der Waals surface area contributed by atoms with E-state index in [-0.39, 0.29) is 41.3 Å². The average Bonchev–Trinajstić information content (AvgIpc) is 2.61. The smallest absolute Gasteiger partial charge is 0.238 e. The second-order valence-corrected chi connectivity index (χ2v) is 8.27. The van der Waals surface area contributed by atoms with Crippen LogP contribution in [0.15, 0.2) is 29.2 Å². The van der Waals surface area contributed by atoms with Crippen LogP contribution in [0.4, 0.5) is 0 Å². The number of nitrogens with one attached hydrogen (secondary N) is 2. The molecule has 3 rings (SSSR count). The number of sulfonamides is 1. The summed E-state index contributed by atoms with van der Waals surface area (Å²) in [6.07, 6.45) is 3.49. The number of nitrogens with two attached hydrogens (primary N) is 1. The first-order valence-electron chi connectivity index (χ1n) is 8.68. The average molecular weight is 404 g/mol. The molecule has 1 aliphatic heterocycles. The number of carbonyl (C=O) groups excluding carboxylic acids is 1. The van der Waals surface area contributed by atoms with Gasteiger partial charge in [0.2, 0.25) is 15.9 Å². The summed E-state index contributed by atoms with van der Waals surface area (Å²) in [5, 5.41) is 11.5. The topological polar surface area (TPSA) is 111 Å². The summed E-state index contributed by atoms with van der Waals surface area (Å²) in [5.74, 6) is 0.118. The minimum absolute atomic E-state index is 0. The molecular weight excluding hydrogens is 378 g/mol. The van der Waals surface area contributed by atoms with Gasteiger partial charge in [0.1, 0.15) is 0 Å². The number of rotatable bonds is 5. The van der Waals surface area contributed by atoms with Crippen molar-refractivity contribution >= 4 is 28.3 Å². The van der Waals surface area contributed by atoms with Gasteiger partial charge in [-0.1, -0.05) is 12.1 Å². The lowest BCUT2D eigenvalue weighted by Crippen LogP contribution is -2.53. The van der Waals surface area contributed by atoms with E-state index in [1.807, 2.05) is 0 Å². The van der Waals surface area contributed by atoms with Crippen LogP contribution in [0, 0.1) is 5.92 Å². The van der Waals surface area contributed by atoms with E-state index in [9.17, 15) is 13.2 Å². The molecule has 2 aliphatic rings. The number of fused-ring (bicyclic) bond motifs is 1. The van der Waals surface area contributed by atoms with Gasteiger partial charge in [-0.2, -0.15) is 0 Å². The molecule has 0 aromatic heterocycles. The van der Waals surface area contributed by atoms with Gasteiger partial charge < -0.3 is 15.4 Å². The Kier molecular flexibility index (Phi) is 7.42. The molecule has 7 nitrogen and oxygen atoms in total. The molecular formula is C17H26ClN3O4S. The summed E-state index contributed by atoms with van der Waals surface area (Å²) in [6, 6.07) is 6.70. The Labute approximate surface area is 160 Å². The van der Waals surface area contributed by atoms with Gasteiger partial charge in [-0.05, 0) is 43.4 Å². The molecule has 0 spiro atoms. The first kappa shape index (κ1) is 21.1. The fraction of sp³-hybridized carbons (Fsp3) is 0.588. The van der Waals surface area contributed by atoms with Gasteiger partial charge in [-0.15, -0.1) is 12.4 Å². The lowest BCUT2D eigenvalue weighted by molar-refractivity contribution is -0.128. The highest BCUT2D eigenvalue weighted by Crippen LogP contribution is 2.28. The van der Waals surface area contributed by atoms with E-state index in [1.165, 1.54) is 12.1 Å². The van der Waals surface area contributed by atoms with Crippen LogP contribution in [0.25, 0.3) is 0 Å². The van der Waals surface area contributed by atoms with Crippen LogP contribution in [0.1, 0.15) is 24.8 Å². The zero-order valence-corrected chi connectivity index (χ0v) is 16.2. The molecule has 0 radical (unpaired) electrons. The maximum Gasteiger partial charge on any atom is 0.238 e. The lowest BCUT2D eigenvalue weighted by Gasteiger charge is -2.39. The minimum atomic E-state index is -3.66. The first-order valence-corrected chi connectivity index (χ1v) is 10.2. The standard InChI is InChI=1S/C17H25N3O4S.ClH/c18-25(22,23)14-4-1-12(2-5-14)7-8-20-17(21)13-3-6-16-15(11-13)19-9-10-24-16;/h1-2,4-5,13,15-16,19H,3,6-11H2,(H,20,21)(H2,18,22,23);1H/t13-,15+,16+;/m0./s1. The van der Waals surface area contributed by atoms with Gasteiger partial charge in [0.15, 0.2) is 0 Å². The molecule has 0 unspecified atom stereocenters. The van der Waals surface area contributed by atoms with Gasteiger partial charge in [-0.25, -0.2) is 13.6 Å². The Hall–Kier alpha value is -1.19. The summed E-state index contributed by atoms with van der Waals surface area (Å²) in [6.45, 7) is 2.13. The summed E-state index contributed by atoms with van der Waals surface area (Å²) >= 11 is 0. The third-order valence-corrected chi connectivity index (χ3v) is 5.89. The number of primary sulfonamides is 1. The van der Waals surface area contributed by atoms with Crippen molar-refractivity contribution in [3.63, 3.8) is 0 Å². The minimum Gasteiger partial charge on any atom is -0.375 e. The summed E-state index contributed by atoms with van der Waals surface area (Å²) in [7, 11) is -3.66. The second-order valence-electron chi connectivity index (χ2n) is 6.71. The zero-order chi connectivity index (χ0) is 17.9. The number of ether oxygens (including phenoxy) is 1. The van der Waals surface area contributed by atoms with E-state index in [1.54, 1.807) is 12.1 Å². The Morgan fingerprint density at radius 3 is 2.69 bits per heavy atom. The monoisotopic (exact) mass is 403 g/mol. The Bertz CT molecular complexity index is 711. The second kappa shape index (κ2) is 9.14. The number of halogens is 1. The fourth-order valence-corrected chi connectivity index (χ4v) is 4.09. The van der Waals surface area contributed by atoms with Crippen molar-refractivity contribution in [1.29, 1.82) is 0 Å². The molecule has 146 valence electrons. The van der Waals surface area contributed by atoms with Crippen molar-refractivity contribution in [2.45, 2.75) is 42.7 Å². The van der Waals surface area contributed by atoms with Crippen molar-refractivity contribution in [2.75, 3.05) is 19.7 Å². The van der Waals surface area contributed by atoms with Crippen LogP contribution in [-0.2, 0) is 26.0 Å². The van der Waals surface area contributed by atoms with E-state index in [4.69, 9.17) is 9.88 Å². The fourth-order valence-electron chi connectivity index (χ4n) is 3.57. The highest BCUT2D eigenvalue weighted by atomic mass is 35.5. The van der Waals surface area contributed by atoms with Crippen LogP contribution < -0.4 is 15.8 Å². The molecule has 1 aromatic rings. The van der Waals surface area contributed by atoms with Crippen molar-refractivity contribution in [3.05, 3.63) is 29.8 Å². The SMILES string of the molecule is Cl.NS(=O)(=O)c1ccc(CCNC(=O)[C@H]2CC[C@H]3OCCN[C@@H]3C2)cc1. The van der Waals surface area contributed by atoms with E-state index in [0.29, 0.717) is 13.0 Å². The summed E-state index contributed by atoms with van der Waals surface area (Å²) in [4.78, 5) is 12.5. The molecule has 2 fully saturated rings. The number of morpholine rings is 1. The highest BCUT2D eigenvalue weighted by molar-refractivity contribution is 7.89. The molecule has 1 amide bonds.